The molecule has 0 heterocycles. The van der Waals surface area contributed by atoms with Crippen molar-refractivity contribution in [3.63, 3.8) is 0 Å². The standard InChI is InChI=1S/C13H15NO6/c1-8(11(15)16)10(12(17)18)14-13(19)20-7-9-5-3-2-4-6-9/h2-6,8,10H,7H2,1H3,(H,14,19)(H,15,16)(H,17,18)/t8?,10-/m0/s1/i1D. The van der Waals surface area contributed by atoms with Crippen LogP contribution in [0.2, 0.25) is 0 Å². The molecule has 0 saturated heterocycles. The second-order valence-electron chi connectivity index (χ2n) is 3.97. The molecular formula is C13H15NO6. The number of carbonyl (C=O) groups excluding carboxylic acids is 1. The monoisotopic (exact) mass is 282 g/mol. The number of hydrogen-bond acceptors (Lipinski definition) is 4. The highest BCUT2D eigenvalue weighted by Crippen LogP contribution is 2.05. The fraction of sp³-hybridized carbons (Fsp3) is 0.308. The quantitative estimate of drug-likeness (QED) is 0.719. The van der Waals surface area contributed by atoms with Gasteiger partial charge in [0.25, 0.3) is 0 Å². The minimum Gasteiger partial charge on any atom is -0.481 e. The number of carboxylic acid groups (broad SMARTS) is 2. The molecule has 0 spiro atoms. The first-order valence-electron chi connectivity index (χ1n) is 6.38. The van der Waals surface area contributed by atoms with Crippen molar-refractivity contribution in [2.75, 3.05) is 0 Å². The SMILES string of the molecule is [2H]CC(C(=O)O)[C@H](NC(=O)OCc1ccccc1)C(=O)O. The molecule has 3 N–H and O–H groups in total. The van der Waals surface area contributed by atoms with E-state index in [1.54, 1.807) is 30.3 Å². The predicted molar refractivity (Wildman–Crippen MR) is 68.0 cm³/mol. The van der Waals surface area contributed by atoms with Crippen molar-refractivity contribution < 1.29 is 30.7 Å². The van der Waals surface area contributed by atoms with Crippen LogP contribution in [0.3, 0.4) is 0 Å². The van der Waals surface area contributed by atoms with Crippen molar-refractivity contribution >= 4 is 18.0 Å². The van der Waals surface area contributed by atoms with E-state index in [1.165, 1.54) is 0 Å². The second kappa shape index (κ2) is 7.13. The van der Waals surface area contributed by atoms with Crippen LogP contribution in [0.25, 0.3) is 0 Å². The van der Waals surface area contributed by atoms with Crippen LogP contribution in [0.1, 0.15) is 13.8 Å². The van der Waals surface area contributed by atoms with E-state index in [1.807, 2.05) is 5.32 Å². The summed E-state index contributed by atoms with van der Waals surface area (Å²) in [6.07, 6.45) is -1.05. The van der Waals surface area contributed by atoms with Gasteiger partial charge in [0.15, 0.2) is 0 Å². The van der Waals surface area contributed by atoms with Gasteiger partial charge in [0.1, 0.15) is 12.6 Å². The third kappa shape index (κ3) is 4.60. The van der Waals surface area contributed by atoms with Gasteiger partial charge < -0.3 is 20.3 Å². The van der Waals surface area contributed by atoms with Crippen molar-refractivity contribution in [3.8, 4) is 0 Å². The van der Waals surface area contributed by atoms with Crippen LogP contribution < -0.4 is 5.32 Å². The average molecular weight is 282 g/mol. The van der Waals surface area contributed by atoms with Crippen LogP contribution in [0.4, 0.5) is 4.79 Å². The summed E-state index contributed by atoms with van der Waals surface area (Å²) in [6, 6.07) is 6.99. The summed E-state index contributed by atoms with van der Waals surface area (Å²) in [5.41, 5.74) is 0.704. The van der Waals surface area contributed by atoms with Gasteiger partial charge in [-0.05, 0) is 12.5 Å². The summed E-state index contributed by atoms with van der Waals surface area (Å²) in [7, 11) is 0. The van der Waals surface area contributed by atoms with Crippen molar-refractivity contribution in [2.45, 2.75) is 19.5 Å². The van der Waals surface area contributed by atoms with Crippen molar-refractivity contribution in [1.82, 2.24) is 5.32 Å². The molecule has 7 heteroatoms. The van der Waals surface area contributed by atoms with Crippen molar-refractivity contribution in [1.29, 1.82) is 0 Å². The number of ether oxygens (including phenoxy) is 1. The summed E-state index contributed by atoms with van der Waals surface area (Å²) in [6.45, 7) is -0.747. The molecule has 20 heavy (non-hydrogen) atoms. The van der Waals surface area contributed by atoms with Crippen LogP contribution in [0.15, 0.2) is 30.3 Å². The van der Waals surface area contributed by atoms with E-state index in [4.69, 9.17) is 16.3 Å². The van der Waals surface area contributed by atoms with E-state index in [-0.39, 0.29) is 6.61 Å². The van der Waals surface area contributed by atoms with Gasteiger partial charge in [-0.3, -0.25) is 4.79 Å². The summed E-state index contributed by atoms with van der Waals surface area (Å²) in [4.78, 5) is 33.4. The number of carboxylic acids is 2. The number of alkyl carbamates (subject to hydrolysis) is 1. The third-order valence-corrected chi connectivity index (χ3v) is 2.47. The molecule has 7 nitrogen and oxygen atoms in total. The smallest absolute Gasteiger partial charge is 0.408 e. The molecule has 0 saturated carbocycles. The zero-order valence-electron chi connectivity index (χ0n) is 11.5. The van der Waals surface area contributed by atoms with Crippen LogP contribution in [0.5, 0.6) is 0 Å². The Morgan fingerprint density at radius 3 is 2.40 bits per heavy atom. The summed E-state index contributed by atoms with van der Waals surface area (Å²) in [5.74, 6) is -4.56. The normalized spacial score (nSPS) is 13.7. The minimum absolute atomic E-state index is 0.0718. The van der Waals surface area contributed by atoms with Gasteiger partial charge in [0, 0.05) is 1.37 Å². The lowest BCUT2D eigenvalue weighted by molar-refractivity contribution is -0.150. The molecule has 1 amide bonds. The van der Waals surface area contributed by atoms with Gasteiger partial charge in [-0.2, -0.15) is 0 Å². The highest BCUT2D eigenvalue weighted by Gasteiger charge is 2.31. The first kappa shape index (κ1) is 13.9. The van der Waals surface area contributed by atoms with Crippen LogP contribution in [-0.4, -0.2) is 34.3 Å². The molecule has 1 aromatic carbocycles. The first-order chi connectivity index (χ1) is 9.95. The van der Waals surface area contributed by atoms with Crippen LogP contribution >= 0.6 is 0 Å². The number of hydrogen-bond donors (Lipinski definition) is 3. The summed E-state index contributed by atoms with van der Waals surface area (Å²) >= 11 is 0. The molecule has 1 aromatic rings. The number of benzene rings is 1. The van der Waals surface area contributed by atoms with Crippen molar-refractivity contribution in [2.24, 2.45) is 5.92 Å². The van der Waals surface area contributed by atoms with Gasteiger partial charge >= 0.3 is 18.0 Å². The summed E-state index contributed by atoms with van der Waals surface area (Å²) in [5, 5.41) is 19.7. The molecule has 0 aromatic heterocycles. The van der Waals surface area contributed by atoms with E-state index in [0.717, 1.165) is 0 Å². The Hall–Kier alpha value is -2.57. The lowest BCUT2D eigenvalue weighted by Gasteiger charge is -2.17. The van der Waals surface area contributed by atoms with Gasteiger partial charge in [-0.1, -0.05) is 30.3 Å². The molecule has 1 unspecified atom stereocenters. The fourth-order valence-electron chi connectivity index (χ4n) is 1.37. The maximum Gasteiger partial charge on any atom is 0.408 e. The largest absolute Gasteiger partial charge is 0.481 e. The second-order valence-corrected chi connectivity index (χ2v) is 3.97. The zero-order valence-corrected chi connectivity index (χ0v) is 10.5. The Kier molecular flexibility index (Phi) is 4.94. The molecule has 0 radical (unpaired) electrons. The Balaban J connectivity index is 2.61. The number of aliphatic carboxylic acids is 2. The number of nitrogens with one attached hydrogen (secondary N) is 1. The van der Waals surface area contributed by atoms with E-state index >= 15 is 0 Å². The van der Waals surface area contributed by atoms with E-state index in [0.29, 0.717) is 5.56 Å². The van der Waals surface area contributed by atoms with E-state index < -0.39 is 36.9 Å². The van der Waals surface area contributed by atoms with E-state index in [2.05, 4.69) is 0 Å². The number of rotatable bonds is 6. The molecule has 0 fully saturated rings. The maximum absolute atomic E-state index is 11.5. The van der Waals surface area contributed by atoms with Crippen LogP contribution in [-0.2, 0) is 20.9 Å². The molecule has 108 valence electrons. The highest BCUT2D eigenvalue weighted by molar-refractivity contribution is 5.85. The molecule has 0 aliphatic rings. The molecule has 0 aliphatic heterocycles. The van der Waals surface area contributed by atoms with Crippen LogP contribution in [0, 0.1) is 5.92 Å². The fourth-order valence-corrected chi connectivity index (χ4v) is 1.37. The number of amides is 1. The topological polar surface area (TPSA) is 113 Å². The third-order valence-electron chi connectivity index (χ3n) is 2.47. The predicted octanol–water partition coefficient (Wildman–Crippen LogP) is 1.09. The van der Waals surface area contributed by atoms with Crippen molar-refractivity contribution in [3.05, 3.63) is 35.9 Å². The Labute approximate surface area is 116 Å². The Morgan fingerprint density at radius 1 is 1.25 bits per heavy atom. The molecular weight excluding hydrogens is 266 g/mol. The first-order valence-corrected chi connectivity index (χ1v) is 5.67. The average Bonchev–Trinajstić information content (AvgIpc) is 2.45. The molecule has 0 aliphatic carbocycles. The Morgan fingerprint density at radius 2 is 1.90 bits per heavy atom. The molecule has 2 atom stereocenters. The van der Waals surface area contributed by atoms with Gasteiger partial charge in [0.2, 0.25) is 0 Å². The lowest BCUT2D eigenvalue weighted by atomic mass is 10.0. The molecule has 1 rings (SSSR count). The Bertz CT molecular complexity index is 507. The van der Waals surface area contributed by atoms with Gasteiger partial charge in [-0.15, -0.1) is 0 Å². The minimum atomic E-state index is -1.72. The summed E-state index contributed by atoms with van der Waals surface area (Å²) < 4.78 is 11.9. The maximum atomic E-state index is 11.5. The van der Waals surface area contributed by atoms with Gasteiger partial charge in [-0.25, -0.2) is 9.59 Å². The molecule has 0 bridgehead atoms. The van der Waals surface area contributed by atoms with E-state index in [9.17, 15) is 14.4 Å². The highest BCUT2D eigenvalue weighted by atomic mass is 16.5. The van der Waals surface area contributed by atoms with Gasteiger partial charge in [0.05, 0.1) is 5.92 Å². The zero-order chi connectivity index (χ0) is 15.8. The number of carbonyl (C=O) groups is 3. The lowest BCUT2D eigenvalue weighted by Crippen LogP contribution is -2.47.